The van der Waals surface area contributed by atoms with Crippen molar-refractivity contribution in [3.8, 4) is 0 Å². The predicted molar refractivity (Wildman–Crippen MR) is 195 cm³/mol. The summed E-state index contributed by atoms with van der Waals surface area (Å²) in [7, 11) is 0. The molecule has 2 heterocycles. The maximum atomic E-state index is 13.7. The molecular weight excluding hydrogens is 708 g/mol. The summed E-state index contributed by atoms with van der Waals surface area (Å²) in [4.78, 5) is 103. The van der Waals surface area contributed by atoms with Crippen LogP contribution in [0, 0.1) is 5.92 Å². The predicted octanol–water partition coefficient (Wildman–Crippen LogP) is -3.00. The zero-order valence-corrected chi connectivity index (χ0v) is 30.8. The molecular formula is C33H56N12O9. The number of aromatic nitrogens is 2. The number of aliphatic imine (C=N–C) groups is 1. The Morgan fingerprint density at radius 3 is 2.17 bits per heavy atom. The molecule has 1 aliphatic heterocycles. The zero-order chi connectivity index (χ0) is 40.4. The molecule has 5 amide bonds. The van der Waals surface area contributed by atoms with Gasteiger partial charge in [0, 0.05) is 31.4 Å². The molecule has 0 aromatic carbocycles. The number of nitrogens with two attached hydrogens (primary N) is 4. The molecule has 0 spiro atoms. The summed E-state index contributed by atoms with van der Waals surface area (Å²) in [5.41, 5.74) is 22.8. The van der Waals surface area contributed by atoms with Crippen molar-refractivity contribution < 1.29 is 43.8 Å². The number of amides is 5. The van der Waals surface area contributed by atoms with E-state index in [9.17, 15) is 43.8 Å². The van der Waals surface area contributed by atoms with Gasteiger partial charge in [0.05, 0.1) is 18.8 Å². The first-order chi connectivity index (χ1) is 25.5. The van der Waals surface area contributed by atoms with Crippen molar-refractivity contribution >= 4 is 47.4 Å². The molecule has 0 unspecified atom stereocenters. The lowest BCUT2D eigenvalue weighted by atomic mass is 10.0. The van der Waals surface area contributed by atoms with Crippen molar-refractivity contribution in [1.82, 2.24) is 36.1 Å². The van der Waals surface area contributed by atoms with Gasteiger partial charge in [0.1, 0.15) is 30.2 Å². The van der Waals surface area contributed by atoms with E-state index in [-0.39, 0.29) is 57.2 Å². The summed E-state index contributed by atoms with van der Waals surface area (Å²) in [5, 5.41) is 29.3. The Labute approximate surface area is 313 Å². The molecule has 1 aliphatic rings. The van der Waals surface area contributed by atoms with Gasteiger partial charge in [-0.05, 0) is 63.8 Å². The van der Waals surface area contributed by atoms with E-state index in [1.54, 1.807) is 13.8 Å². The third-order valence-electron chi connectivity index (χ3n) is 8.65. The number of nitrogens with zero attached hydrogens (tertiary/aromatic N) is 3. The van der Waals surface area contributed by atoms with Crippen LogP contribution in [0.25, 0.3) is 0 Å². The molecule has 2 rings (SSSR count). The topological polar surface area (TPSA) is 356 Å². The number of rotatable bonds is 24. The standard InChI is InChI=1S/C33H56N12O9/c1-18(2)13-22(43-30(51)25-9-6-12-45(25)31(52)20(35)7-5-11-39-33(36)37)28(49)42-23(15-26(46)47)29(50)41-21(8-3-4-10-34)27(48)44-24(32(53)54)14-19-16-38-17-40-19/h16-18,20-25H,3-15,34-35H2,1-2H3,(H,38,40)(H,41,50)(H,42,49)(H,43,51)(H,44,48)(H,46,47)(H,53,54)(H4,36,37,39)/t20-,21-,22-,23-,24-,25-/m0/s1. The van der Waals surface area contributed by atoms with E-state index in [1.165, 1.54) is 17.4 Å². The Morgan fingerprint density at radius 1 is 0.926 bits per heavy atom. The van der Waals surface area contributed by atoms with E-state index < -0.39 is 84.1 Å². The highest BCUT2D eigenvalue weighted by atomic mass is 16.4. The Hall–Kier alpha value is -5.31. The average Bonchev–Trinajstić information content (AvgIpc) is 3.80. The van der Waals surface area contributed by atoms with Gasteiger partial charge in [0.2, 0.25) is 29.5 Å². The molecule has 21 heteroatoms. The van der Waals surface area contributed by atoms with Gasteiger partial charge >= 0.3 is 11.9 Å². The number of hydrogen-bond acceptors (Lipinski definition) is 11. The first kappa shape index (κ1) is 44.8. The van der Waals surface area contributed by atoms with Crippen LogP contribution in [0.4, 0.5) is 0 Å². The number of guanidine groups is 1. The summed E-state index contributed by atoms with van der Waals surface area (Å²) >= 11 is 0. The van der Waals surface area contributed by atoms with Crippen LogP contribution >= 0.6 is 0 Å². The maximum Gasteiger partial charge on any atom is 0.326 e. The highest BCUT2D eigenvalue weighted by molar-refractivity contribution is 5.97. The normalized spacial score (nSPS) is 16.7. The zero-order valence-electron chi connectivity index (χ0n) is 30.8. The fourth-order valence-electron chi connectivity index (χ4n) is 5.91. The number of carbonyl (C=O) groups excluding carboxylic acids is 5. The minimum atomic E-state index is -1.69. The van der Waals surface area contributed by atoms with Gasteiger partial charge in [-0.25, -0.2) is 9.78 Å². The largest absolute Gasteiger partial charge is 0.481 e. The molecule has 0 radical (unpaired) electrons. The van der Waals surface area contributed by atoms with Crippen LogP contribution in [-0.4, -0.2) is 128 Å². The Balaban J connectivity index is 2.20. The summed E-state index contributed by atoms with van der Waals surface area (Å²) in [6, 6.07) is -7.44. The van der Waals surface area contributed by atoms with Crippen molar-refractivity contribution in [2.24, 2.45) is 33.8 Å². The lowest BCUT2D eigenvalue weighted by molar-refractivity contribution is -0.143. The first-order valence-electron chi connectivity index (χ1n) is 18.0. The molecule has 54 heavy (non-hydrogen) atoms. The lowest BCUT2D eigenvalue weighted by Crippen LogP contribution is -2.59. The van der Waals surface area contributed by atoms with E-state index in [4.69, 9.17) is 22.9 Å². The number of carboxylic acids is 2. The minimum Gasteiger partial charge on any atom is -0.481 e. The van der Waals surface area contributed by atoms with Crippen molar-refractivity contribution in [2.75, 3.05) is 19.6 Å². The number of likely N-dealkylation sites (tertiary alicyclic amines) is 1. The van der Waals surface area contributed by atoms with Gasteiger partial charge in [-0.15, -0.1) is 0 Å². The number of carbonyl (C=O) groups is 7. The van der Waals surface area contributed by atoms with Crippen LogP contribution in [0.15, 0.2) is 17.5 Å². The lowest BCUT2D eigenvalue weighted by Gasteiger charge is -2.29. The highest BCUT2D eigenvalue weighted by Crippen LogP contribution is 2.20. The number of aliphatic carboxylic acids is 2. The van der Waals surface area contributed by atoms with Gasteiger partial charge in [0.25, 0.3) is 0 Å². The Morgan fingerprint density at radius 2 is 1.57 bits per heavy atom. The fourth-order valence-corrected chi connectivity index (χ4v) is 5.91. The van der Waals surface area contributed by atoms with Gasteiger partial charge < -0.3 is 64.3 Å². The van der Waals surface area contributed by atoms with Gasteiger partial charge in [-0.2, -0.15) is 0 Å². The highest BCUT2D eigenvalue weighted by Gasteiger charge is 2.38. The van der Waals surface area contributed by atoms with Crippen LogP contribution in [0.5, 0.6) is 0 Å². The molecule has 21 nitrogen and oxygen atoms in total. The van der Waals surface area contributed by atoms with Crippen molar-refractivity contribution in [1.29, 1.82) is 0 Å². The molecule has 6 atom stereocenters. The number of nitrogens with one attached hydrogen (secondary N) is 5. The van der Waals surface area contributed by atoms with Gasteiger partial charge in [-0.3, -0.25) is 33.8 Å². The summed E-state index contributed by atoms with van der Waals surface area (Å²) in [5.74, 6) is -6.80. The molecule has 1 aromatic heterocycles. The van der Waals surface area contributed by atoms with Crippen molar-refractivity contribution in [3.63, 3.8) is 0 Å². The average molecular weight is 765 g/mol. The molecule has 1 aromatic rings. The van der Waals surface area contributed by atoms with Crippen LogP contribution in [0.3, 0.4) is 0 Å². The molecule has 0 aliphatic carbocycles. The summed E-state index contributed by atoms with van der Waals surface area (Å²) < 4.78 is 0. The van der Waals surface area contributed by atoms with Crippen LogP contribution in [0.1, 0.15) is 77.3 Å². The molecule has 0 saturated carbocycles. The molecule has 15 N–H and O–H groups in total. The Bertz CT molecular complexity index is 1450. The number of aromatic amines is 1. The molecule has 302 valence electrons. The molecule has 0 bridgehead atoms. The monoisotopic (exact) mass is 764 g/mol. The third kappa shape index (κ3) is 15.3. The van der Waals surface area contributed by atoms with Crippen LogP contribution < -0.4 is 44.2 Å². The second kappa shape index (κ2) is 22.7. The van der Waals surface area contributed by atoms with E-state index in [0.717, 1.165) is 0 Å². The first-order valence-corrected chi connectivity index (χ1v) is 18.0. The number of carboxylic acid groups (broad SMARTS) is 2. The van der Waals surface area contributed by atoms with E-state index >= 15 is 0 Å². The molecule has 1 fully saturated rings. The number of imidazole rings is 1. The third-order valence-corrected chi connectivity index (χ3v) is 8.65. The van der Waals surface area contributed by atoms with Crippen LogP contribution in [0.2, 0.25) is 0 Å². The van der Waals surface area contributed by atoms with Gasteiger partial charge in [0.15, 0.2) is 5.96 Å². The second-order valence-electron chi connectivity index (χ2n) is 13.6. The quantitative estimate of drug-likeness (QED) is 0.0284. The van der Waals surface area contributed by atoms with Gasteiger partial charge in [-0.1, -0.05) is 13.8 Å². The number of unbranched alkanes of at least 4 members (excludes halogenated alkanes) is 1. The fraction of sp³-hybridized carbons (Fsp3) is 0.667. The smallest absolute Gasteiger partial charge is 0.326 e. The second-order valence-corrected chi connectivity index (χ2v) is 13.6. The summed E-state index contributed by atoms with van der Waals surface area (Å²) in [6.45, 7) is 4.42. The Kier molecular flexibility index (Phi) is 18.8. The molecule has 1 saturated heterocycles. The number of hydrogen-bond donors (Lipinski definition) is 11. The van der Waals surface area contributed by atoms with E-state index in [0.29, 0.717) is 37.8 Å². The van der Waals surface area contributed by atoms with E-state index in [2.05, 4.69) is 36.2 Å². The SMILES string of the molecule is CC(C)C[C@H](NC(=O)[C@@H]1CCCN1C(=O)[C@@H](N)CCCN=C(N)N)C(=O)N[C@@H](CC(=O)O)C(=O)N[C@@H](CCCCN)C(=O)N[C@@H](Cc1cnc[nH]1)C(=O)O. The van der Waals surface area contributed by atoms with Crippen molar-refractivity contribution in [2.45, 2.75) is 114 Å². The summed E-state index contributed by atoms with van der Waals surface area (Å²) in [6.07, 6.45) is 4.23. The number of H-pyrrole nitrogens is 1. The minimum absolute atomic E-state index is 0.0292. The van der Waals surface area contributed by atoms with E-state index in [1.807, 2.05) is 0 Å². The maximum absolute atomic E-state index is 13.7. The van der Waals surface area contributed by atoms with Crippen LogP contribution in [-0.2, 0) is 40.0 Å². The van der Waals surface area contributed by atoms with Crippen molar-refractivity contribution in [3.05, 3.63) is 18.2 Å².